The van der Waals surface area contributed by atoms with Crippen LogP contribution in [0.5, 0.6) is 0 Å². The third-order valence-corrected chi connectivity index (χ3v) is 3.92. The summed E-state index contributed by atoms with van der Waals surface area (Å²) in [6.07, 6.45) is 0. The van der Waals surface area contributed by atoms with E-state index in [1.54, 1.807) is 13.8 Å². The molecule has 0 aliphatic carbocycles. The van der Waals surface area contributed by atoms with Crippen LogP contribution in [-0.4, -0.2) is 24.5 Å². The summed E-state index contributed by atoms with van der Waals surface area (Å²) in [4.78, 5) is 17.0. The first-order valence-electron chi connectivity index (χ1n) is 7.69. The Morgan fingerprint density at radius 3 is 2.09 bits per heavy atom. The van der Waals surface area contributed by atoms with Crippen molar-refractivity contribution in [3.8, 4) is 0 Å². The van der Waals surface area contributed by atoms with E-state index in [0.717, 1.165) is 11.1 Å². The Labute approximate surface area is 135 Å². The van der Waals surface area contributed by atoms with Gasteiger partial charge in [-0.2, -0.15) is 0 Å². The number of carbonyl (C=O) groups is 1. The summed E-state index contributed by atoms with van der Waals surface area (Å²) < 4.78 is 11.4. The molecule has 23 heavy (non-hydrogen) atoms. The molecule has 1 aliphatic rings. The van der Waals surface area contributed by atoms with Crippen molar-refractivity contribution >= 4 is 11.9 Å². The number of hydrogen-bond donors (Lipinski definition) is 0. The van der Waals surface area contributed by atoms with Gasteiger partial charge in [-0.1, -0.05) is 60.7 Å². The first-order valence-corrected chi connectivity index (χ1v) is 7.69. The van der Waals surface area contributed by atoms with Crippen molar-refractivity contribution in [2.45, 2.75) is 25.5 Å². The van der Waals surface area contributed by atoms with Crippen molar-refractivity contribution < 1.29 is 14.3 Å². The minimum Gasteiger partial charge on any atom is -0.464 e. The lowest BCUT2D eigenvalue weighted by atomic mass is 9.80. The Morgan fingerprint density at radius 2 is 1.61 bits per heavy atom. The zero-order valence-corrected chi connectivity index (χ0v) is 13.2. The highest BCUT2D eigenvalue weighted by Crippen LogP contribution is 2.42. The van der Waals surface area contributed by atoms with E-state index in [-0.39, 0.29) is 5.97 Å². The fraction of sp³-hybridized carbons (Fsp3) is 0.263. The van der Waals surface area contributed by atoms with Gasteiger partial charge in [0.25, 0.3) is 0 Å². The Morgan fingerprint density at radius 1 is 1.09 bits per heavy atom. The van der Waals surface area contributed by atoms with Crippen LogP contribution in [0.15, 0.2) is 65.7 Å². The zero-order chi connectivity index (χ0) is 16.3. The number of benzene rings is 2. The molecule has 0 bridgehead atoms. The monoisotopic (exact) mass is 309 g/mol. The van der Waals surface area contributed by atoms with Gasteiger partial charge >= 0.3 is 5.97 Å². The third kappa shape index (κ3) is 2.61. The van der Waals surface area contributed by atoms with Gasteiger partial charge < -0.3 is 9.47 Å². The van der Waals surface area contributed by atoms with Gasteiger partial charge in [-0.3, -0.25) is 0 Å². The molecule has 0 fully saturated rings. The van der Waals surface area contributed by atoms with Crippen LogP contribution in [0.4, 0.5) is 0 Å². The van der Waals surface area contributed by atoms with Gasteiger partial charge in [-0.25, -0.2) is 9.79 Å². The maximum Gasteiger partial charge on any atom is 0.335 e. The molecule has 0 saturated carbocycles. The van der Waals surface area contributed by atoms with E-state index in [9.17, 15) is 4.79 Å². The summed E-state index contributed by atoms with van der Waals surface area (Å²) in [5.74, 6) is 0.104. The molecule has 0 saturated heterocycles. The van der Waals surface area contributed by atoms with Crippen LogP contribution in [-0.2, 0) is 19.9 Å². The molecule has 0 amide bonds. The maximum atomic E-state index is 12.5. The van der Waals surface area contributed by atoms with Crippen LogP contribution in [0.2, 0.25) is 0 Å². The number of nitrogens with zero attached hydrogens (tertiary/aromatic N) is 1. The first-order chi connectivity index (χ1) is 11.2. The van der Waals surface area contributed by atoms with E-state index in [1.807, 2.05) is 60.7 Å². The molecule has 118 valence electrons. The summed E-state index contributed by atoms with van der Waals surface area (Å²) in [7, 11) is 0. The predicted octanol–water partition coefficient (Wildman–Crippen LogP) is 3.31. The highest BCUT2D eigenvalue weighted by molar-refractivity contribution is 5.88. The van der Waals surface area contributed by atoms with E-state index in [4.69, 9.17) is 9.47 Å². The van der Waals surface area contributed by atoms with E-state index in [2.05, 4.69) is 4.99 Å². The van der Waals surface area contributed by atoms with Gasteiger partial charge in [0.2, 0.25) is 0 Å². The molecule has 1 unspecified atom stereocenters. The lowest BCUT2D eigenvalue weighted by Gasteiger charge is -2.33. The molecule has 1 atom stereocenters. The third-order valence-electron chi connectivity index (χ3n) is 3.92. The molecule has 3 rings (SSSR count). The molecular formula is C19H19NO3. The van der Waals surface area contributed by atoms with E-state index >= 15 is 0 Å². The quantitative estimate of drug-likeness (QED) is 0.814. The number of aliphatic imine (C=N–C) groups is 1. The summed E-state index contributed by atoms with van der Waals surface area (Å²) in [6, 6.07) is 18.6. The number of carbonyl (C=O) groups excluding carboxylic acids is 1. The average molecular weight is 309 g/mol. The Kier molecular flexibility index (Phi) is 4.15. The number of ether oxygens (including phenoxy) is 2. The molecular weight excluding hydrogens is 290 g/mol. The number of esters is 1. The molecule has 4 heteroatoms. The van der Waals surface area contributed by atoms with Gasteiger partial charge in [0, 0.05) is 18.1 Å². The summed E-state index contributed by atoms with van der Waals surface area (Å²) in [6.45, 7) is 3.86. The molecule has 4 nitrogen and oxygen atoms in total. The second-order valence-corrected chi connectivity index (χ2v) is 5.37. The van der Waals surface area contributed by atoms with Crippen LogP contribution in [0.3, 0.4) is 0 Å². The topological polar surface area (TPSA) is 47.9 Å². The maximum absolute atomic E-state index is 12.5. The fourth-order valence-electron chi connectivity index (χ4n) is 3.00. The highest BCUT2D eigenvalue weighted by atomic mass is 16.6. The van der Waals surface area contributed by atoms with E-state index < -0.39 is 11.6 Å². The fourth-order valence-corrected chi connectivity index (χ4v) is 3.00. The van der Waals surface area contributed by atoms with Crippen LogP contribution >= 0.6 is 0 Å². The van der Waals surface area contributed by atoms with Crippen molar-refractivity contribution in [1.29, 1.82) is 0 Å². The Balaban J connectivity index is 2.18. The van der Waals surface area contributed by atoms with Crippen molar-refractivity contribution in [1.82, 2.24) is 0 Å². The van der Waals surface area contributed by atoms with Crippen molar-refractivity contribution in [3.63, 3.8) is 0 Å². The average Bonchev–Trinajstić information content (AvgIpc) is 2.95. The highest BCUT2D eigenvalue weighted by Gasteiger charge is 2.53. The van der Waals surface area contributed by atoms with Crippen LogP contribution < -0.4 is 0 Å². The lowest BCUT2D eigenvalue weighted by molar-refractivity contribution is -0.148. The first kappa shape index (κ1) is 15.3. The smallest absolute Gasteiger partial charge is 0.335 e. The van der Waals surface area contributed by atoms with E-state index in [1.165, 1.54) is 0 Å². The Bertz CT molecular complexity index is 670. The van der Waals surface area contributed by atoms with Gasteiger partial charge in [-0.15, -0.1) is 0 Å². The normalized spacial score (nSPS) is 18.9. The SMILES string of the molecule is CCOC(=O)C1N=C(C)OC1(c1ccccc1)c1ccccc1. The minimum absolute atomic E-state index is 0.309. The lowest BCUT2D eigenvalue weighted by Crippen LogP contribution is -2.44. The van der Waals surface area contributed by atoms with Crippen LogP contribution in [0.1, 0.15) is 25.0 Å². The largest absolute Gasteiger partial charge is 0.464 e. The van der Waals surface area contributed by atoms with Gasteiger partial charge in [0.05, 0.1) is 6.61 Å². The molecule has 0 N–H and O–H groups in total. The van der Waals surface area contributed by atoms with Gasteiger partial charge in [-0.05, 0) is 6.92 Å². The summed E-state index contributed by atoms with van der Waals surface area (Å²) in [5.41, 5.74) is 0.772. The number of rotatable bonds is 4. The van der Waals surface area contributed by atoms with Crippen LogP contribution in [0.25, 0.3) is 0 Å². The van der Waals surface area contributed by atoms with Crippen LogP contribution in [0, 0.1) is 0 Å². The second-order valence-electron chi connectivity index (χ2n) is 5.37. The molecule has 0 aromatic heterocycles. The zero-order valence-electron chi connectivity index (χ0n) is 13.2. The molecule has 1 aliphatic heterocycles. The van der Waals surface area contributed by atoms with Crippen molar-refractivity contribution in [2.75, 3.05) is 6.61 Å². The summed E-state index contributed by atoms with van der Waals surface area (Å²) >= 11 is 0. The van der Waals surface area contributed by atoms with Gasteiger partial charge in [0.1, 0.15) is 0 Å². The van der Waals surface area contributed by atoms with Crippen molar-refractivity contribution in [2.24, 2.45) is 4.99 Å². The predicted molar refractivity (Wildman–Crippen MR) is 88.3 cm³/mol. The van der Waals surface area contributed by atoms with E-state index in [0.29, 0.717) is 12.5 Å². The minimum atomic E-state index is -0.987. The summed E-state index contributed by atoms with van der Waals surface area (Å²) in [5, 5.41) is 0. The standard InChI is InChI=1S/C19H19NO3/c1-3-22-18(21)17-19(23-14(2)20-17,15-10-6-4-7-11-15)16-12-8-5-9-13-16/h4-13,17H,3H2,1-2H3. The molecule has 0 spiro atoms. The number of hydrogen-bond acceptors (Lipinski definition) is 4. The van der Waals surface area contributed by atoms with Gasteiger partial charge in [0.15, 0.2) is 17.5 Å². The molecule has 1 heterocycles. The molecule has 0 radical (unpaired) electrons. The van der Waals surface area contributed by atoms with Crippen molar-refractivity contribution in [3.05, 3.63) is 71.8 Å². The molecule has 2 aromatic rings. The Hall–Kier alpha value is -2.62. The molecule has 2 aromatic carbocycles. The second kappa shape index (κ2) is 6.24.